The van der Waals surface area contributed by atoms with Crippen LogP contribution >= 0.6 is 0 Å². The first-order valence-corrected chi connectivity index (χ1v) is 8.73. The highest BCUT2D eigenvalue weighted by Crippen LogP contribution is 2.32. The van der Waals surface area contributed by atoms with Crippen LogP contribution in [0, 0.1) is 0 Å². The van der Waals surface area contributed by atoms with Crippen molar-refractivity contribution in [3.63, 3.8) is 0 Å². The molecule has 1 unspecified atom stereocenters. The number of hydrogen-bond acceptors (Lipinski definition) is 4. The monoisotopic (exact) mass is 317 g/mol. The van der Waals surface area contributed by atoms with Crippen molar-refractivity contribution in [1.82, 2.24) is 15.1 Å². The Morgan fingerprint density at radius 1 is 1.22 bits per heavy atom. The van der Waals surface area contributed by atoms with Gasteiger partial charge in [-0.25, -0.2) is 0 Å². The van der Waals surface area contributed by atoms with Crippen molar-refractivity contribution in [2.45, 2.75) is 25.8 Å². The van der Waals surface area contributed by atoms with Crippen molar-refractivity contribution in [3.8, 4) is 5.75 Å². The average molecular weight is 317 g/mol. The van der Waals surface area contributed by atoms with Gasteiger partial charge in [-0.15, -0.1) is 0 Å². The summed E-state index contributed by atoms with van der Waals surface area (Å²) in [5, 5.41) is 3.33. The van der Waals surface area contributed by atoms with Gasteiger partial charge in [-0.05, 0) is 37.5 Å². The molecule has 2 saturated heterocycles. The van der Waals surface area contributed by atoms with Crippen molar-refractivity contribution < 1.29 is 9.53 Å². The second kappa shape index (κ2) is 7.79. The van der Waals surface area contributed by atoms with Gasteiger partial charge in [-0.1, -0.05) is 12.1 Å². The Labute approximate surface area is 138 Å². The van der Waals surface area contributed by atoms with Gasteiger partial charge in [0.2, 0.25) is 5.91 Å². The highest BCUT2D eigenvalue weighted by atomic mass is 16.5. The Hall–Kier alpha value is -1.59. The molecule has 126 valence electrons. The molecule has 1 aromatic rings. The zero-order valence-corrected chi connectivity index (χ0v) is 14.0. The minimum Gasteiger partial charge on any atom is -0.494 e. The van der Waals surface area contributed by atoms with E-state index in [4.69, 9.17) is 4.74 Å². The highest BCUT2D eigenvalue weighted by molar-refractivity contribution is 5.79. The molecule has 0 aromatic heterocycles. The number of hydrogen-bond donors (Lipinski definition) is 1. The molecule has 0 saturated carbocycles. The number of rotatable bonds is 5. The predicted molar refractivity (Wildman–Crippen MR) is 90.6 cm³/mol. The minimum absolute atomic E-state index is 0.223. The maximum absolute atomic E-state index is 12.7. The van der Waals surface area contributed by atoms with Crippen LogP contribution < -0.4 is 10.1 Å². The van der Waals surface area contributed by atoms with Crippen molar-refractivity contribution in [1.29, 1.82) is 0 Å². The summed E-state index contributed by atoms with van der Waals surface area (Å²) in [5.74, 6) is 1.16. The quantitative estimate of drug-likeness (QED) is 0.897. The van der Waals surface area contributed by atoms with Crippen LogP contribution in [0.3, 0.4) is 0 Å². The van der Waals surface area contributed by atoms with Crippen LogP contribution in [-0.4, -0.2) is 61.6 Å². The number of nitrogens with one attached hydrogen (secondary N) is 1. The fourth-order valence-corrected chi connectivity index (χ4v) is 3.52. The molecular weight excluding hydrogens is 290 g/mol. The molecule has 0 radical (unpaired) electrons. The summed E-state index contributed by atoms with van der Waals surface area (Å²) in [6.07, 6.45) is 2.15. The minimum atomic E-state index is 0.223. The number of likely N-dealkylation sites (tertiary alicyclic amines) is 1. The van der Waals surface area contributed by atoms with Gasteiger partial charge in [0, 0.05) is 32.7 Å². The lowest BCUT2D eigenvalue weighted by Crippen LogP contribution is -2.48. The molecule has 5 nitrogen and oxygen atoms in total. The fourth-order valence-electron chi connectivity index (χ4n) is 3.52. The SMILES string of the molecule is CCOc1ccc(C2CCCN2C(=O)CN2CCNCC2)cc1. The van der Waals surface area contributed by atoms with Crippen LogP contribution in [0.1, 0.15) is 31.4 Å². The standard InChI is InChI=1S/C18H27N3O2/c1-2-23-16-7-5-15(6-8-16)17-4-3-11-21(17)18(22)14-20-12-9-19-10-13-20/h5-8,17,19H,2-4,9-14H2,1H3. The van der Waals surface area contributed by atoms with E-state index in [2.05, 4.69) is 27.2 Å². The number of piperazine rings is 1. The van der Waals surface area contributed by atoms with Crippen molar-refractivity contribution in [2.24, 2.45) is 0 Å². The van der Waals surface area contributed by atoms with E-state index in [0.717, 1.165) is 51.3 Å². The van der Waals surface area contributed by atoms with Gasteiger partial charge < -0.3 is 15.0 Å². The lowest BCUT2D eigenvalue weighted by Gasteiger charge is -2.31. The van der Waals surface area contributed by atoms with E-state index in [1.54, 1.807) is 0 Å². The third kappa shape index (κ3) is 4.03. The molecule has 2 fully saturated rings. The van der Waals surface area contributed by atoms with Gasteiger partial charge in [0.1, 0.15) is 5.75 Å². The topological polar surface area (TPSA) is 44.8 Å². The maximum Gasteiger partial charge on any atom is 0.237 e. The van der Waals surface area contributed by atoms with Crippen LogP contribution in [0.5, 0.6) is 5.75 Å². The van der Waals surface area contributed by atoms with Crippen molar-refractivity contribution >= 4 is 5.91 Å². The van der Waals surface area contributed by atoms with E-state index in [1.807, 2.05) is 19.1 Å². The summed E-state index contributed by atoms with van der Waals surface area (Å²) in [6.45, 7) is 7.99. The van der Waals surface area contributed by atoms with E-state index in [-0.39, 0.29) is 11.9 Å². The van der Waals surface area contributed by atoms with Crippen LogP contribution in [0.15, 0.2) is 24.3 Å². The number of ether oxygens (including phenoxy) is 1. The molecule has 2 aliphatic rings. The smallest absolute Gasteiger partial charge is 0.237 e. The molecule has 3 rings (SSSR count). The number of carbonyl (C=O) groups excluding carboxylic acids is 1. The molecule has 2 heterocycles. The van der Waals surface area contributed by atoms with Crippen LogP contribution in [0.4, 0.5) is 0 Å². The van der Waals surface area contributed by atoms with Gasteiger partial charge in [0.15, 0.2) is 0 Å². The number of nitrogens with zero attached hydrogens (tertiary/aromatic N) is 2. The molecule has 1 amide bonds. The summed E-state index contributed by atoms with van der Waals surface area (Å²) >= 11 is 0. The Morgan fingerprint density at radius 3 is 2.65 bits per heavy atom. The lowest BCUT2D eigenvalue weighted by atomic mass is 10.0. The Bertz CT molecular complexity index is 512. The van der Waals surface area contributed by atoms with Gasteiger partial charge >= 0.3 is 0 Å². The van der Waals surface area contributed by atoms with E-state index in [0.29, 0.717) is 13.2 Å². The zero-order valence-electron chi connectivity index (χ0n) is 14.0. The fraction of sp³-hybridized carbons (Fsp3) is 0.611. The van der Waals surface area contributed by atoms with E-state index in [9.17, 15) is 4.79 Å². The Kier molecular flexibility index (Phi) is 5.51. The third-order valence-electron chi connectivity index (χ3n) is 4.72. The molecule has 23 heavy (non-hydrogen) atoms. The van der Waals surface area contributed by atoms with Crippen LogP contribution in [-0.2, 0) is 4.79 Å². The van der Waals surface area contributed by atoms with Crippen molar-refractivity contribution in [2.75, 3.05) is 45.9 Å². The molecule has 1 atom stereocenters. The third-order valence-corrected chi connectivity index (χ3v) is 4.72. The lowest BCUT2D eigenvalue weighted by molar-refractivity contribution is -0.133. The predicted octanol–water partition coefficient (Wildman–Crippen LogP) is 1.65. The largest absolute Gasteiger partial charge is 0.494 e. The summed E-state index contributed by atoms with van der Waals surface area (Å²) in [5.41, 5.74) is 1.22. The second-order valence-corrected chi connectivity index (χ2v) is 6.27. The second-order valence-electron chi connectivity index (χ2n) is 6.27. The van der Waals surface area contributed by atoms with E-state index in [1.165, 1.54) is 5.56 Å². The van der Waals surface area contributed by atoms with Gasteiger partial charge in [0.25, 0.3) is 0 Å². The van der Waals surface area contributed by atoms with Gasteiger partial charge in [0.05, 0.1) is 19.2 Å². The Balaban J connectivity index is 1.63. The molecule has 1 aromatic carbocycles. The Morgan fingerprint density at radius 2 is 1.96 bits per heavy atom. The number of carbonyl (C=O) groups is 1. The van der Waals surface area contributed by atoms with Crippen LogP contribution in [0.25, 0.3) is 0 Å². The van der Waals surface area contributed by atoms with Crippen molar-refractivity contribution in [3.05, 3.63) is 29.8 Å². The zero-order chi connectivity index (χ0) is 16.1. The van der Waals surface area contributed by atoms with Crippen LogP contribution in [0.2, 0.25) is 0 Å². The molecule has 0 aliphatic carbocycles. The molecule has 2 aliphatic heterocycles. The summed E-state index contributed by atoms with van der Waals surface area (Å²) in [6, 6.07) is 8.45. The average Bonchev–Trinajstić information content (AvgIpc) is 3.06. The molecule has 0 bridgehead atoms. The molecular formula is C18H27N3O2. The number of amides is 1. The summed E-state index contributed by atoms with van der Waals surface area (Å²) in [7, 11) is 0. The normalized spacial score (nSPS) is 22.3. The summed E-state index contributed by atoms with van der Waals surface area (Å²) < 4.78 is 5.51. The summed E-state index contributed by atoms with van der Waals surface area (Å²) in [4.78, 5) is 17.0. The molecule has 0 spiro atoms. The van der Waals surface area contributed by atoms with E-state index >= 15 is 0 Å². The molecule has 1 N–H and O–H groups in total. The highest BCUT2D eigenvalue weighted by Gasteiger charge is 2.30. The van der Waals surface area contributed by atoms with E-state index < -0.39 is 0 Å². The maximum atomic E-state index is 12.7. The number of benzene rings is 1. The van der Waals surface area contributed by atoms with Gasteiger partial charge in [-0.2, -0.15) is 0 Å². The first-order chi connectivity index (χ1) is 11.3. The first-order valence-electron chi connectivity index (χ1n) is 8.73. The first kappa shape index (κ1) is 16.3. The molecule has 5 heteroatoms. The van der Waals surface area contributed by atoms with Gasteiger partial charge in [-0.3, -0.25) is 9.69 Å².